The van der Waals surface area contributed by atoms with Crippen LogP contribution in [-0.2, 0) is 26.0 Å². The molecule has 0 bridgehead atoms. The van der Waals surface area contributed by atoms with E-state index in [9.17, 15) is 18.0 Å². The van der Waals surface area contributed by atoms with E-state index in [2.05, 4.69) is 20.6 Å². The maximum atomic E-state index is 12.2. The van der Waals surface area contributed by atoms with Crippen molar-refractivity contribution in [1.29, 1.82) is 0 Å². The van der Waals surface area contributed by atoms with Crippen molar-refractivity contribution in [2.45, 2.75) is 24.7 Å². The summed E-state index contributed by atoms with van der Waals surface area (Å²) >= 11 is 0. The van der Waals surface area contributed by atoms with E-state index in [-0.39, 0.29) is 30.2 Å². The first-order valence-electron chi connectivity index (χ1n) is 9.04. The highest BCUT2D eigenvalue weighted by atomic mass is 32.2. The van der Waals surface area contributed by atoms with Crippen molar-refractivity contribution in [3.63, 3.8) is 0 Å². The minimum atomic E-state index is -3.68. The van der Waals surface area contributed by atoms with Gasteiger partial charge in [-0.1, -0.05) is 35.9 Å². The van der Waals surface area contributed by atoms with Crippen LogP contribution in [0.25, 0.3) is 10.9 Å². The van der Waals surface area contributed by atoms with Gasteiger partial charge in [-0.25, -0.2) is 13.1 Å². The number of aryl methyl sites for hydroxylation is 1. The van der Waals surface area contributed by atoms with Crippen LogP contribution in [0, 0.1) is 6.92 Å². The largest absolute Gasteiger partial charge is 0.361 e. The summed E-state index contributed by atoms with van der Waals surface area (Å²) in [5, 5.41) is 0.944. The molecule has 0 aliphatic heterocycles. The first-order chi connectivity index (χ1) is 13.8. The summed E-state index contributed by atoms with van der Waals surface area (Å²) in [7, 11) is -3.68. The van der Waals surface area contributed by atoms with Crippen LogP contribution in [0.3, 0.4) is 0 Å². The second kappa shape index (κ2) is 8.89. The zero-order valence-corrected chi connectivity index (χ0v) is 16.7. The normalized spacial score (nSPS) is 11.3. The Labute approximate surface area is 168 Å². The highest BCUT2D eigenvalue weighted by Crippen LogP contribution is 2.17. The SMILES string of the molecule is Cc1ccc(S(=O)(=O)NCCC(=O)NNC(=O)Cc2c[nH]c3ccccc23)cc1. The zero-order valence-electron chi connectivity index (χ0n) is 15.9. The predicted molar refractivity (Wildman–Crippen MR) is 109 cm³/mol. The molecule has 3 rings (SSSR count). The number of nitrogens with one attached hydrogen (secondary N) is 4. The van der Waals surface area contributed by atoms with Gasteiger partial charge in [0.05, 0.1) is 11.3 Å². The number of sulfonamides is 1. The lowest BCUT2D eigenvalue weighted by atomic mass is 10.1. The van der Waals surface area contributed by atoms with Crippen LogP contribution in [0.1, 0.15) is 17.5 Å². The van der Waals surface area contributed by atoms with Gasteiger partial charge in [-0.05, 0) is 30.7 Å². The molecule has 0 saturated carbocycles. The van der Waals surface area contributed by atoms with Crippen LogP contribution in [0.5, 0.6) is 0 Å². The van der Waals surface area contributed by atoms with Gasteiger partial charge in [0.1, 0.15) is 0 Å². The smallest absolute Gasteiger partial charge is 0.242 e. The maximum Gasteiger partial charge on any atom is 0.242 e. The molecule has 3 aromatic rings. The van der Waals surface area contributed by atoms with Crippen LogP contribution in [0.4, 0.5) is 0 Å². The Morgan fingerprint density at radius 3 is 2.41 bits per heavy atom. The molecule has 0 radical (unpaired) electrons. The first-order valence-corrected chi connectivity index (χ1v) is 10.5. The van der Waals surface area contributed by atoms with Crippen molar-refractivity contribution < 1.29 is 18.0 Å². The molecule has 0 spiro atoms. The molecule has 0 aliphatic rings. The molecule has 0 atom stereocenters. The lowest BCUT2D eigenvalue weighted by molar-refractivity contribution is -0.128. The van der Waals surface area contributed by atoms with Gasteiger partial charge in [0.25, 0.3) is 0 Å². The molecule has 1 heterocycles. The molecule has 0 unspecified atom stereocenters. The molecule has 2 amide bonds. The molecule has 0 aliphatic carbocycles. The second-order valence-electron chi connectivity index (χ2n) is 6.59. The third kappa shape index (κ3) is 5.43. The summed E-state index contributed by atoms with van der Waals surface area (Å²) in [4.78, 5) is 27.1. The van der Waals surface area contributed by atoms with E-state index < -0.39 is 15.9 Å². The number of hydrazine groups is 1. The minimum Gasteiger partial charge on any atom is -0.361 e. The maximum absolute atomic E-state index is 12.2. The number of carbonyl (C=O) groups is 2. The van der Waals surface area contributed by atoms with Crippen LogP contribution in [-0.4, -0.2) is 31.8 Å². The summed E-state index contributed by atoms with van der Waals surface area (Å²) in [6, 6.07) is 14.0. The number of fused-ring (bicyclic) bond motifs is 1. The Morgan fingerprint density at radius 1 is 0.966 bits per heavy atom. The monoisotopic (exact) mass is 414 g/mol. The fraction of sp³-hybridized carbons (Fsp3) is 0.200. The Morgan fingerprint density at radius 2 is 1.66 bits per heavy atom. The molecular weight excluding hydrogens is 392 g/mol. The predicted octanol–water partition coefficient (Wildman–Crippen LogP) is 1.53. The number of carbonyl (C=O) groups excluding carboxylic acids is 2. The third-order valence-electron chi connectivity index (χ3n) is 4.34. The molecule has 8 nitrogen and oxygen atoms in total. The fourth-order valence-electron chi connectivity index (χ4n) is 2.80. The van der Waals surface area contributed by atoms with E-state index in [4.69, 9.17) is 0 Å². The van der Waals surface area contributed by atoms with Gasteiger partial charge >= 0.3 is 0 Å². The van der Waals surface area contributed by atoms with E-state index in [1.165, 1.54) is 12.1 Å². The molecule has 1 aromatic heterocycles. The number of hydrogen-bond acceptors (Lipinski definition) is 4. The average molecular weight is 414 g/mol. The van der Waals surface area contributed by atoms with Gasteiger partial charge in [0.15, 0.2) is 0 Å². The number of H-pyrrole nitrogens is 1. The number of amides is 2. The van der Waals surface area contributed by atoms with Crippen LogP contribution >= 0.6 is 0 Å². The van der Waals surface area contributed by atoms with Gasteiger partial charge < -0.3 is 4.98 Å². The van der Waals surface area contributed by atoms with Crippen LogP contribution in [0.15, 0.2) is 59.6 Å². The number of hydrogen-bond donors (Lipinski definition) is 4. The molecule has 9 heteroatoms. The quantitative estimate of drug-likeness (QED) is 0.438. The Kier molecular flexibility index (Phi) is 6.30. The number of aromatic nitrogens is 1. The van der Waals surface area contributed by atoms with Crippen LogP contribution in [0.2, 0.25) is 0 Å². The highest BCUT2D eigenvalue weighted by Gasteiger charge is 2.14. The summed E-state index contributed by atoms with van der Waals surface area (Å²) < 4.78 is 26.7. The Bertz CT molecular complexity index is 1120. The van der Waals surface area contributed by atoms with E-state index in [0.29, 0.717) is 0 Å². The van der Waals surface area contributed by atoms with Crippen molar-refractivity contribution in [3.8, 4) is 0 Å². The molecule has 29 heavy (non-hydrogen) atoms. The van der Waals surface area contributed by atoms with Gasteiger partial charge in [-0.3, -0.25) is 20.4 Å². The average Bonchev–Trinajstić information content (AvgIpc) is 3.09. The van der Waals surface area contributed by atoms with Gasteiger partial charge in [0, 0.05) is 30.1 Å². The molecule has 0 fully saturated rings. The highest BCUT2D eigenvalue weighted by molar-refractivity contribution is 7.89. The van der Waals surface area contributed by atoms with Crippen molar-refractivity contribution in [1.82, 2.24) is 20.6 Å². The number of para-hydroxylation sites is 1. The van der Waals surface area contributed by atoms with Crippen molar-refractivity contribution in [2.75, 3.05) is 6.54 Å². The summed E-state index contributed by atoms with van der Waals surface area (Å²) in [5.74, 6) is -0.868. The lowest BCUT2D eigenvalue weighted by Crippen LogP contribution is -2.43. The van der Waals surface area contributed by atoms with Gasteiger partial charge in [-0.2, -0.15) is 0 Å². The van der Waals surface area contributed by atoms with Crippen molar-refractivity contribution >= 4 is 32.7 Å². The standard InChI is InChI=1S/C20H22N4O4S/c1-14-6-8-16(9-7-14)29(27,28)22-11-10-19(25)23-24-20(26)12-15-13-21-18-5-3-2-4-17(15)18/h2-9,13,21-22H,10-12H2,1H3,(H,23,25)(H,24,26). The molecule has 4 N–H and O–H groups in total. The first kappa shape index (κ1) is 20.6. The summed E-state index contributed by atoms with van der Waals surface area (Å²) in [5.41, 5.74) is 7.33. The van der Waals surface area contributed by atoms with E-state index in [1.807, 2.05) is 31.2 Å². The lowest BCUT2D eigenvalue weighted by Gasteiger charge is -2.09. The van der Waals surface area contributed by atoms with Crippen molar-refractivity contribution in [3.05, 3.63) is 65.9 Å². The minimum absolute atomic E-state index is 0.0830. The summed E-state index contributed by atoms with van der Waals surface area (Å²) in [6.07, 6.45) is 1.74. The second-order valence-corrected chi connectivity index (χ2v) is 8.36. The molecule has 152 valence electrons. The molecule has 0 saturated heterocycles. The number of aromatic amines is 1. The van der Waals surface area contributed by atoms with E-state index in [0.717, 1.165) is 22.0 Å². The topological polar surface area (TPSA) is 120 Å². The fourth-order valence-corrected chi connectivity index (χ4v) is 3.83. The Balaban J connectivity index is 1.42. The molecule has 2 aromatic carbocycles. The number of benzene rings is 2. The van der Waals surface area contributed by atoms with Gasteiger partial charge in [-0.15, -0.1) is 0 Å². The Hall–Kier alpha value is -3.17. The third-order valence-corrected chi connectivity index (χ3v) is 5.82. The van der Waals surface area contributed by atoms with Crippen LogP contribution < -0.4 is 15.6 Å². The summed E-state index contributed by atoms with van der Waals surface area (Å²) in [6.45, 7) is 1.78. The number of rotatable bonds is 7. The van der Waals surface area contributed by atoms with E-state index in [1.54, 1.807) is 18.3 Å². The zero-order chi connectivity index (χ0) is 20.9. The van der Waals surface area contributed by atoms with E-state index >= 15 is 0 Å². The van der Waals surface area contributed by atoms with Gasteiger partial charge in [0.2, 0.25) is 21.8 Å². The molecular formula is C20H22N4O4S. The van der Waals surface area contributed by atoms with Crippen molar-refractivity contribution in [2.24, 2.45) is 0 Å².